The van der Waals surface area contributed by atoms with E-state index in [0.29, 0.717) is 12.1 Å². The van der Waals surface area contributed by atoms with Crippen LogP contribution >= 0.6 is 0 Å². The van der Waals surface area contributed by atoms with E-state index in [1.54, 1.807) is 12.3 Å². The van der Waals surface area contributed by atoms with Crippen molar-refractivity contribution < 1.29 is 8.81 Å². The lowest BCUT2D eigenvalue weighted by Crippen LogP contribution is -2.11. The van der Waals surface area contributed by atoms with Crippen molar-refractivity contribution in [2.45, 2.75) is 27.3 Å². The van der Waals surface area contributed by atoms with Crippen LogP contribution < -0.4 is 5.32 Å². The maximum absolute atomic E-state index is 14.1. The molecule has 0 aliphatic rings. The average Bonchev–Trinajstić information content (AvgIpc) is 2.73. The average molecular weight is 247 g/mol. The molecular weight excluding hydrogens is 229 g/mol. The molecule has 0 radical (unpaired) electrons. The zero-order chi connectivity index (χ0) is 13.1. The predicted molar refractivity (Wildman–Crippen MR) is 71.0 cm³/mol. The maximum atomic E-state index is 14.1. The van der Waals surface area contributed by atoms with E-state index < -0.39 is 0 Å². The molecule has 0 fully saturated rings. The highest BCUT2D eigenvalue weighted by atomic mass is 19.1. The summed E-state index contributed by atoms with van der Waals surface area (Å²) in [5.74, 6) is 0.592. The van der Waals surface area contributed by atoms with Crippen LogP contribution in [0.2, 0.25) is 0 Å². The monoisotopic (exact) mass is 247 g/mol. The summed E-state index contributed by atoms with van der Waals surface area (Å²) in [5.41, 5.74) is 3.35. The van der Waals surface area contributed by atoms with E-state index in [-0.39, 0.29) is 5.82 Å². The molecule has 0 atom stereocenters. The fourth-order valence-corrected chi connectivity index (χ4v) is 2.20. The Bertz CT molecular complexity index is 522. The van der Waals surface area contributed by atoms with E-state index in [0.717, 1.165) is 29.0 Å². The van der Waals surface area contributed by atoms with Gasteiger partial charge in [0.2, 0.25) is 0 Å². The smallest absolute Gasteiger partial charge is 0.131 e. The first-order valence-electron chi connectivity index (χ1n) is 6.17. The van der Waals surface area contributed by atoms with Crippen LogP contribution in [0.4, 0.5) is 4.39 Å². The summed E-state index contributed by atoms with van der Waals surface area (Å²) < 4.78 is 19.5. The topological polar surface area (TPSA) is 25.2 Å². The van der Waals surface area contributed by atoms with Crippen LogP contribution in [-0.4, -0.2) is 6.54 Å². The van der Waals surface area contributed by atoms with E-state index in [1.807, 2.05) is 32.9 Å². The molecule has 2 aromatic rings. The molecule has 0 amide bonds. The van der Waals surface area contributed by atoms with E-state index in [9.17, 15) is 4.39 Å². The van der Waals surface area contributed by atoms with E-state index in [4.69, 9.17) is 4.42 Å². The molecule has 1 heterocycles. The minimum atomic E-state index is -0.188. The highest BCUT2D eigenvalue weighted by Gasteiger charge is 2.15. The van der Waals surface area contributed by atoms with Crippen molar-refractivity contribution >= 4 is 0 Å². The van der Waals surface area contributed by atoms with Crippen LogP contribution in [0.25, 0.3) is 11.1 Å². The number of halogens is 1. The summed E-state index contributed by atoms with van der Waals surface area (Å²) in [4.78, 5) is 0. The minimum absolute atomic E-state index is 0.188. The summed E-state index contributed by atoms with van der Waals surface area (Å²) >= 11 is 0. The second kappa shape index (κ2) is 5.36. The molecule has 1 N–H and O–H groups in total. The third-order valence-electron chi connectivity index (χ3n) is 2.98. The van der Waals surface area contributed by atoms with Crippen molar-refractivity contribution in [3.8, 4) is 11.1 Å². The van der Waals surface area contributed by atoms with E-state index in [2.05, 4.69) is 5.32 Å². The lowest BCUT2D eigenvalue weighted by molar-refractivity contribution is 0.488. The Balaban J connectivity index is 2.46. The van der Waals surface area contributed by atoms with Crippen LogP contribution in [-0.2, 0) is 6.54 Å². The highest BCUT2D eigenvalue weighted by molar-refractivity contribution is 5.70. The van der Waals surface area contributed by atoms with Crippen LogP contribution in [0, 0.1) is 19.7 Å². The van der Waals surface area contributed by atoms with Crippen molar-refractivity contribution in [2.75, 3.05) is 6.54 Å². The van der Waals surface area contributed by atoms with Gasteiger partial charge in [-0.25, -0.2) is 4.39 Å². The van der Waals surface area contributed by atoms with Gasteiger partial charge in [-0.1, -0.05) is 13.0 Å². The van der Waals surface area contributed by atoms with Gasteiger partial charge >= 0.3 is 0 Å². The molecule has 2 nitrogen and oxygen atoms in total. The fourth-order valence-electron chi connectivity index (χ4n) is 2.20. The molecule has 1 aromatic carbocycles. The molecule has 0 saturated heterocycles. The number of hydrogen-bond donors (Lipinski definition) is 1. The van der Waals surface area contributed by atoms with E-state index in [1.165, 1.54) is 0 Å². The lowest BCUT2D eigenvalue weighted by atomic mass is 9.98. The van der Waals surface area contributed by atoms with Gasteiger partial charge in [0.15, 0.2) is 0 Å². The Morgan fingerprint density at radius 3 is 2.72 bits per heavy atom. The molecular formula is C15H18FNO. The van der Waals surface area contributed by atoms with Gasteiger partial charge in [-0.3, -0.25) is 0 Å². The molecule has 0 bridgehead atoms. The third kappa shape index (κ3) is 2.46. The Kier molecular flexibility index (Phi) is 3.82. The molecule has 2 rings (SSSR count). The molecule has 3 heteroatoms. The molecule has 0 aliphatic heterocycles. The predicted octanol–water partition coefficient (Wildman–Crippen LogP) is 3.81. The van der Waals surface area contributed by atoms with Gasteiger partial charge in [0.25, 0.3) is 0 Å². The van der Waals surface area contributed by atoms with Gasteiger partial charge < -0.3 is 9.73 Å². The Hall–Kier alpha value is -1.61. The zero-order valence-electron chi connectivity index (χ0n) is 11.0. The molecule has 0 spiro atoms. The largest absolute Gasteiger partial charge is 0.467 e. The van der Waals surface area contributed by atoms with Crippen molar-refractivity contribution in [1.29, 1.82) is 0 Å². The van der Waals surface area contributed by atoms with Crippen LogP contribution in [0.3, 0.4) is 0 Å². The Morgan fingerprint density at radius 2 is 2.06 bits per heavy atom. The second-order valence-corrected chi connectivity index (χ2v) is 4.48. The van der Waals surface area contributed by atoms with Crippen molar-refractivity contribution in [3.63, 3.8) is 0 Å². The number of hydrogen-bond acceptors (Lipinski definition) is 2. The van der Waals surface area contributed by atoms with Crippen molar-refractivity contribution in [2.24, 2.45) is 0 Å². The van der Waals surface area contributed by atoms with Crippen molar-refractivity contribution in [3.05, 3.63) is 47.2 Å². The number of rotatable bonds is 4. The zero-order valence-corrected chi connectivity index (χ0v) is 11.0. The number of furan rings is 1. The summed E-state index contributed by atoms with van der Waals surface area (Å²) in [6, 6.07) is 5.38. The Labute approximate surface area is 107 Å². The number of benzene rings is 1. The van der Waals surface area contributed by atoms with Gasteiger partial charge in [-0.2, -0.15) is 0 Å². The van der Waals surface area contributed by atoms with Gasteiger partial charge in [-0.15, -0.1) is 0 Å². The highest BCUT2D eigenvalue weighted by Crippen LogP contribution is 2.31. The first-order chi connectivity index (χ1) is 8.63. The van der Waals surface area contributed by atoms with Gasteiger partial charge in [0.05, 0.1) is 12.8 Å². The minimum Gasteiger partial charge on any atom is -0.467 e. The summed E-state index contributed by atoms with van der Waals surface area (Å²) in [6.07, 6.45) is 1.61. The summed E-state index contributed by atoms with van der Waals surface area (Å²) in [6.45, 7) is 7.33. The maximum Gasteiger partial charge on any atom is 0.131 e. The normalized spacial score (nSPS) is 10.9. The van der Waals surface area contributed by atoms with Crippen LogP contribution in [0.1, 0.15) is 23.8 Å². The molecule has 1 aromatic heterocycles. The molecule has 0 saturated carbocycles. The van der Waals surface area contributed by atoms with Gasteiger partial charge in [-0.05, 0) is 43.7 Å². The van der Waals surface area contributed by atoms with Gasteiger partial charge in [0, 0.05) is 11.1 Å². The summed E-state index contributed by atoms with van der Waals surface area (Å²) in [5, 5.41) is 3.19. The first-order valence-corrected chi connectivity index (χ1v) is 6.17. The molecule has 96 valence electrons. The molecule has 18 heavy (non-hydrogen) atoms. The van der Waals surface area contributed by atoms with Crippen molar-refractivity contribution in [1.82, 2.24) is 5.32 Å². The molecule has 0 aliphatic carbocycles. The second-order valence-electron chi connectivity index (χ2n) is 4.48. The quantitative estimate of drug-likeness (QED) is 0.888. The van der Waals surface area contributed by atoms with E-state index >= 15 is 0 Å². The fraction of sp³-hybridized carbons (Fsp3) is 0.333. The SMILES string of the molecule is CCNCc1occc1-c1c(C)cc(C)cc1F. The first kappa shape index (κ1) is 12.8. The van der Waals surface area contributed by atoms with Gasteiger partial charge in [0.1, 0.15) is 11.6 Å². The lowest BCUT2D eigenvalue weighted by Gasteiger charge is -2.09. The number of nitrogens with one attached hydrogen (secondary N) is 1. The standard InChI is InChI=1S/C15H18FNO/c1-4-17-9-14-12(5-6-18-14)15-11(3)7-10(2)8-13(15)16/h5-8,17H,4,9H2,1-3H3. The molecule has 0 unspecified atom stereocenters. The number of aryl methyl sites for hydroxylation is 2. The third-order valence-corrected chi connectivity index (χ3v) is 2.98. The summed E-state index contributed by atoms with van der Waals surface area (Å²) in [7, 11) is 0. The Morgan fingerprint density at radius 1 is 1.28 bits per heavy atom. The van der Waals surface area contributed by atoms with Crippen LogP contribution in [0.5, 0.6) is 0 Å². The van der Waals surface area contributed by atoms with Crippen LogP contribution in [0.15, 0.2) is 28.9 Å².